The Balaban J connectivity index is 1.46. The van der Waals surface area contributed by atoms with Gasteiger partial charge in [-0.25, -0.2) is 9.97 Å². The van der Waals surface area contributed by atoms with Crippen LogP contribution in [0.5, 0.6) is 11.5 Å². The number of Topliss-reactive ketones (excluding diaryl/α,β-unsaturated/α-hetero) is 1. The minimum absolute atomic E-state index is 0.0242. The standard InChI is InChI=1S/C33H32N4O5S/c1-4-5-6-9-18-42-22-13-11-21(12-14-22)29-27(30(38)28-20(2)34-26-10-7-8-17-36(26)28)31(39)32(40)37(29)33-35-24-16-15-23(41-3)19-25(24)43-33/h7-8,10-17,19,29,38H,4-6,9,18H2,1-3H3. The number of aliphatic hydroxyl groups is 1. The smallest absolute Gasteiger partial charge is 0.301 e. The Bertz CT molecular complexity index is 1860. The van der Waals surface area contributed by atoms with E-state index in [1.807, 2.05) is 54.6 Å². The molecule has 1 atom stereocenters. The molecule has 4 heterocycles. The van der Waals surface area contributed by atoms with Gasteiger partial charge in [0, 0.05) is 6.20 Å². The molecule has 0 saturated carbocycles. The molecule has 1 saturated heterocycles. The van der Waals surface area contributed by atoms with Gasteiger partial charge >= 0.3 is 5.91 Å². The van der Waals surface area contributed by atoms with E-state index in [4.69, 9.17) is 14.5 Å². The van der Waals surface area contributed by atoms with Crippen LogP contribution >= 0.6 is 11.3 Å². The topological polar surface area (TPSA) is 106 Å². The molecule has 3 aromatic heterocycles. The number of pyridine rings is 1. The summed E-state index contributed by atoms with van der Waals surface area (Å²) in [5.74, 6) is -0.487. The summed E-state index contributed by atoms with van der Waals surface area (Å²) in [6.45, 7) is 4.55. The van der Waals surface area contributed by atoms with E-state index in [0.29, 0.717) is 51.4 Å². The van der Waals surface area contributed by atoms with Crippen LogP contribution in [-0.2, 0) is 9.59 Å². The minimum Gasteiger partial charge on any atom is -0.505 e. The number of anilines is 1. The molecule has 1 unspecified atom stereocenters. The second kappa shape index (κ2) is 11.9. The third kappa shape index (κ3) is 5.23. The Labute approximate surface area is 253 Å². The molecule has 6 rings (SSSR count). The Morgan fingerprint density at radius 1 is 1.00 bits per heavy atom. The van der Waals surface area contributed by atoms with Crippen molar-refractivity contribution in [1.29, 1.82) is 0 Å². The van der Waals surface area contributed by atoms with Gasteiger partial charge in [-0.2, -0.15) is 0 Å². The molecule has 9 nitrogen and oxygen atoms in total. The molecule has 1 amide bonds. The molecule has 0 bridgehead atoms. The number of hydrogen-bond acceptors (Lipinski definition) is 8. The summed E-state index contributed by atoms with van der Waals surface area (Å²) >= 11 is 1.28. The SMILES string of the molecule is CCCCCCOc1ccc(C2C(=C(O)c3c(C)nc4ccccn34)C(=O)C(=O)N2c2nc3ccc(OC)cc3s2)cc1. The lowest BCUT2D eigenvalue weighted by Gasteiger charge is -2.23. The van der Waals surface area contributed by atoms with Gasteiger partial charge in [0.2, 0.25) is 0 Å². The summed E-state index contributed by atoms with van der Waals surface area (Å²) in [6.07, 6.45) is 6.17. The molecule has 10 heteroatoms. The molecule has 220 valence electrons. The van der Waals surface area contributed by atoms with Gasteiger partial charge in [0.25, 0.3) is 5.78 Å². The van der Waals surface area contributed by atoms with E-state index < -0.39 is 17.7 Å². The number of carbonyl (C=O) groups is 2. The zero-order chi connectivity index (χ0) is 30.1. The maximum Gasteiger partial charge on any atom is 0.301 e. The molecular formula is C33H32N4O5S. The number of amides is 1. The third-order valence-electron chi connectivity index (χ3n) is 7.63. The molecule has 43 heavy (non-hydrogen) atoms. The average molecular weight is 597 g/mol. The van der Waals surface area contributed by atoms with Crippen molar-refractivity contribution in [2.75, 3.05) is 18.6 Å². The van der Waals surface area contributed by atoms with E-state index in [1.165, 1.54) is 22.7 Å². The Hall–Kier alpha value is -4.70. The number of carbonyl (C=O) groups excluding carboxylic acids is 2. The maximum absolute atomic E-state index is 13.8. The summed E-state index contributed by atoms with van der Waals surface area (Å²) in [5.41, 5.74) is 2.80. The number of nitrogens with zero attached hydrogens (tertiary/aromatic N) is 4. The normalized spacial score (nSPS) is 16.4. The van der Waals surface area contributed by atoms with Gasteiger partial charge in [-0.15, -0.1) is 0 Å². The summed E-state index contributed by atoms with van der Waals surface area (Å²) in [7, 11) is 1.59. The molecule has 5 aromatic rings. The number of ketones is 1. The lowest BCUT2D eigenvalue weighted by Crippen LogP contribution is -2.29. The number of aryl methyl sites for hydroxylation is 1. The highest BCUT2D eigenvalue weighted by Gasteiger charge is 2.48. The van der Waals surface area contributed by atoms with Crippen LogP contribution in [0.2, 0.25) is 0 Å². The summed E-state index contributed by atoms with van der Waals surface area (Å²) in [6, 6.07) is 17.3. The van der Waals surface area contributed by atoms with Crippen LogP contribution in [0.25, 0.3) is 21.6 Å². The number of aromatic nitrogens is 3. The van der Waals surface area contributed by atoms with Crippen molar-refractivity contribution < 1.29 is 24.2 Å². The maximum atomic E-state index is 13.8. The molecule has 1 aliphatic rings. The van der Waals surface area contributed by atoms with Crippen molar-refractivity contribution >= 4 is 49.8 Å². The second-order valence-corrected chi connectivity index (χ2v) is 11.5. The molecule has 1 N–H and O–H groups in total. The number of thiazole rings is 1. The van der Waals surface area contributed by atoms with E-state index in [1.54, 1.807) is 30.7 Å². The van der Waals surface area contributed by atoms with Crippen molar-refractivity contribution in [1.82, 2.24) is 14.4 Å². The van der Waals surface area contributed by atoms with Crippen LogP contribution in [0, 0.1) is 6.92 Å². The van der Waals surface area contributed by atoms with Crippen LogP contribution in [0.4, 0.5) is 5.13 Å². The Morgan fingerprint density at radius 3 is 2.56 bits per heavy atom. The summed E-state index contributed by atoms with van der Waals surface area (Å²) < 4.78 is 13.8. The van der Waals surface area contributed by atoms with Crippen molar-refractivity contribution in [3.63, 3.8) is 0 Å². The molecule has 0 spiro atoms. The van der Waals surface area contributed by atoms with E-state index in [2.05, 4.69) is 11.9 Å². The monoisotopic (exact) mass is 596 g/mol. The van der Waals surface area contributed by atoms with Crippen molar-refractivity contribution in [2.45, 2.75) is 45.6 Å². The largest absolute Gasteiger partial charge is 0.505 e. The third-order valence-corrected chi connectivity index (χ3v) is 8.64. The van der Waals surface area contributed by atoms with Gasteiger partial charge < -0.3 is 14.6 Å². The van der Waals surface area contributed by atoms with Gasteiger partial charge in [0.05, 0.1) is 41.2 Å². The Kier molecular flexibility index (Phi) is 7.86. The first-order valence-corrected chi connectivity index (χ1v) is 15.1. The fourth-order valence-electron chi connectivity index (χ4n) is 5.46. The number of imidazole rings is 1. The highest BCUT2D eigenvalue weighted by molar-refractivity contribution is 7.22. The van der Waals surface area contributed by atoms with E-state index in [-0.39, 0.29) is 11.3 Å². The number of benzene rings is 2. The van der Waals surface area contributed by atoms with E-state index in [0.717, 1.165) is 24.0 Å². The molecule has 0 radical (unpaired) electrons. The van der Waals surface area contributed by atoms with E-state index >= 15 is 0 Å². The fourth-order valence-corrected chi connectivity index (χ4v) is 6.48. The van der Waals surface area contributed by atoms with Gasteiger partial charge in [0.1, 0.15) is 22.8 Å². The van der Waals surface area contributed by atoms with Crippen molar-refractivity contribution in [3.8, 4) is 11.5 Å². The molecular weight excluding hydrogens is 564 g/mol. The number of aliphatic hydroxyl groups excluding tert-OH is 1. The number of methoxy groups -OCH3 is 1. The summed E-state index contributed by atoms with van der Waals surface area (Å²) in [4.78, 5) is 38.1. The highest BCUT2D eigenvalue weighted by Crippen LogP contribution is 2.45. The predicted octanol–water partition coefficient (Wildman–Crippen LogP) is 6.85. The molecule has 2 aromatic carbocycles. The molecule has 0 aliphatic carbocycles. The first-order valence-electron chi connectivity index (χ1n) is 14.3. The molecule has 1 aliphatic heterocycles. The zero-order valence-electron chi connectivity index (χ0n) is 24.2. The number of rotatable bonds is 10. The highest BCUT2D eigenvalue weighted by atomic mass is 32.1. The minimum atomic E-state index is -0.922. The second-order valence-electron chi connectivity index (χ2n) is 10.5. The van der Waals surface area contributed by atoms with E-state index in [9.17, 15) is 14.7 Å². The van der Waals surface area contributed by atoms with Crippen LogP contribution in [0.15, 0.2) is 72.4 Å². The quantitative estimate of drug-likeness (QED) is 0.0814. The van der Waals surface area contributed by atoms with Gasteiger partial charge in [-0.05, 0) is 61.4 Å². The van der Waals surface area contributed by atoms with Gasteiger partial charge in [-0.1, -0.05) is 55.7 Å². The van der Waals surface area contributed by atoms with Gasteiger partial charge in [0.15, 0.2) is 10.9 Å². The van der Waals surface area contributed by atoms with Gasteiger partial charge in [-0.3, -0.25) is 18.9 Å². The van der Waals surface area contributed by atoms with Crippen molar-refractivity contribution in [3.05, 3.63) is 89.4 Å². The number of fused-ring (bicyclic) bond motifs is 2. The van der Waals surface area contributed by atoms with Crippen LogP contribution in [-0.4, -0.2) is 44.9 Å². The van der Waals surface area contributed by atoms with Crippen molar-refractivity contribution in [2.24, 2.45) is 0 Å². The fraction of sp³-hybridized carbons (Fsp3) is 0.273. The Morgan fingerprint density at radius 2 is 1.79 bits per heavy atom. The number of hydrogen-bond donors (Lipinski definition) is 1. The first kappa shape index (κ1) is 28.4. The van der Waals surface area contributed by atoms with Crippen LogP contribution in [0.1, 0.15) is 55.6 Å². The first-order chi connectivity index (χ1) is 20.9. The van der Waals surface area contributed by atoms with Crippen LogP contribution in [0.3, 0.4) is 0 Å². The van der Waals surface area contributed by atoms with Crippen LogP contribution < -0.4 is 14.4 Å². The predicted molar refractivity (Wildman–Crippen MR) is 167 cm³/mol. The summed E-state index contributed by atoms with van der Waals surface area (Å²) in [5, 5.41) is 12.1. The lowest BCUT2D eigenvalue weighted by atomic mass is 9.96. The molecule has 1 fully saturated rings. The lowest BCUT2D eigenvalue weighted by molar-refractivity contribution is -0.132. The zero-order valence-corrected chi connectivity index (χ0v) is 25.1. The number of unbranched alkanes of at least 4 members (excludes halogenated alkanes) is 3. The average Bonchev–Trinajstić information content (AvgIpc) is 3.67. The number of ether oxygens (including phenoxy) is 2.